The summed E-state index contributed by atoms with van der Waals surface area (Å²) >= 11 is 0. The van der Waals surface area contributed by atoms with E-state index in [1.807, 2.05) is 41.2 Å². The Morgan fingerprint density at radius 2 is 1.80 bits per heavy atom. The normalized spacial score (nSPS) is 18.0. The second kappa shape index (κ2) is 11.3. The van der Waals surface area contributed by atoms with Crippen LogP contribution in [0.4, 0.5) is 5.82 Å². The first-order valence-corrected chi connectivity index (χ1v) is 15.0. The lowest BCUT2D eigenvalue weighted by Gasteiger charge is -2.32. The number of nitrogen functional groups attached to an aromatic ring is 1. The van der Waals surface area contributed by atoms with E-state index in [-0.39, 0.29) is 29.8 Å². The summed E-state index contributed by atoms with van der Waals surface area (Å²) in [5.74, 6) is -0.334. The number of likely N-dealkylation sites (tertiary alicyclic amines) is 1. The molecule has 2 saturated heterocycles. The number of aromatic hydroxyl groups is 1. The van der Waals surface area contributed by atoms with Crippen molar-refractivity contribution in [3.63, 3.8) is 0 Å². The van der Waals surface area contributed by atoms with E-state index in [1.165, 1.54) is 4.57 Å². The fourth-order valence-corrected chi connectivity index (χ4v) is 6.59. The zero-order chi connectivity index (χ0) is 31.2. The number of aryl methyl sites for hydroxylation is 1. The molecule has 0 bridgehead atoms. The van der Waals surface area contributed by atoms with E-state index in [0.29, 0.717) is 41.1 Å². The lowest BCUT2D eigenvalue weighted by atomic mass is 10.0. The summed E-state index contributed by atoms with van der Waals surface area (Å²) in [4.78, 5) is 40.0. The largest absolute Gasteiger partial charge is 0.507 e. The van der Waals surface area contributed by atoms with Crippen LogP contribution in [-0.4, -0.2) is 64.0 Å². The number of para-hydroxylation sites is 2. The minimum Gasteiger partial charge on any atom is -0.507 e. The van der Waals surface area contributed by atoms with Gasteiger partial charge in [-0.15, -0.1) is 10.2 Å². The van der Waals surface area contributed by atoms with Crippen molar-refractivity contribution in [1.82, 2.24) is 39.3 Å². The minimum atomic E-state index is -0.709. The number of hydrogen-bond donors (Lipinski definition) is 3. The molecule has 5 aromatic rings. The number of carbonyl (C=O) groups is 2. The predicted octanol–water partition coefficient (Wildman–Crippen LogP) is 2.76. The molecule has 13 heteroatoms. The monoisotopic (exact) mass is 607 g/mol. The Balaban J connectivity index is 1.06. The van der Waals surface area contributed by atoms with Gasteiger partial charge in [0.1, 0.15) is 11.8 Å². The molecule has 0 spiro atoms. The summed E-state index contributed by atoms with van der Waals surface area (Å²) in [5, 5.41) is 25.6. The molecule has 2 amide bonds. The number of carbonyl (C=O) groups excluding carboxylic acids is 2. The molecule has 1 unspecified atom stereocenters. The number of anilines is 1. The third-order valence-electron chi connectivity index (χ3n) is 8.95. The van der Waals surface area contributed by atoms with Crippen molar-refractivity contribution >= 4 is 28.7 Å². The predicted molar refractivity (Wildman–Crippen MR) is 167 cm³/mol. The number of benzene rings is 2. The van der Waals surface area contributed by atoms with E-state index in [9.17, 15) is 19.5 Å². The maximum Gasteiger partial charge on any atom is 0.329 e. The lowest BCUT2D eigenvalue weighted by molar-refractivity contribution is -0.135. The molecule has 45 heavy (non-hydrogen) atoms. The van der Waals surface area contributed by atoms with Crippen molar-refractivity contribution < 1.29 is 14.7 Å². The van der Waals surface area contributed by atoms with Crippen LogP contribution in [0.1, 0.15) is 43.3 Å². The standard InChI is InChI=1S/C32H33N9O4/c1-38-29-19(5-4-7-25(29)41(32(38)45)26-9-10-28(43)35-31(26)44)17-39-13-11-21(12-14-39)40-18-20(16-34-40)23-15-24(36-37-30(23)33)22-6-2-3-8-27(22)42/h2-8,15-16,18,21,26,42H,9-14,17H2,1H3,(H2,33,37)(H,35,43,44). The molecule has 3 aromatic heterocycles. The number of hydrogen-bond acceptors (Lipinski definition) is 9. The molecule has 4 N–H and O–H groups in total. The van der Waals surface area contributed by atoms with E-state index in [1.54, 1.807) is 36.0 Å². The molecule has 2 fully saturated rings. The first-order chi connectivity index (χ1) is 21.8. The summed E-state index contributed by atoms with van der Waals surface area (Å²) in [6, 6.07) is 14.1. The highest BCUT2D eigenvalue weighted by Gasteiger charge is 2.32. The first kappa shape index (κ1) is 28.5. The second-order valence-corrected chi connectivity index (χ2v) is 11.7. The van der Waals surface area contributed by atoms with Gasteiger partial charge in [0, 0.05) is 56.0 Å². The third kappa shape index (κ3) is 5.14. The second-order valence-electron chi connectivity index (χ2n) is 11.7. The Bertz CT molecular complexity index is 2000. The van der Waals surface area contributed by atoms with Crippen LogP contribution in [0.15, 0.2) is 65.7 Å². The van der Waals surface area contributed by atoms with Crippen molar-refractivity contribution in [1.29, 1.82) is 0 Å². The number of imidazole rings is 1. The van der Waals surface area contributed by atoms with Gasteiger partial charge in [-0.3, -0.25) is 33.6 Å². The fraction of sp³-hybridized carbons (Fsp3) is 0.312. The number of rotatable bonds is 6. The molecule has 2 aliphatic rings. The molecule has 0 aliphatic carbocycles. The van der Waals surface area contributed by atoms with Gasteiger partial charge in [-0.25, -0.2) is 4.79 Å². The highest BCUT2D eigenvalue weighted by molar-refractivity contribution is 6.00. The summed E-state index contributed by atoms with van der Waals surface area (Å²) in [5.41, 5.74) is 11.1. The number of imide groups is 1. The van der Waals surface area contributed by atoms with E-state index in [2.05, 4.69) is 25.5 Å². The molecule has 230 valence electrons. The van der Waals surface area contributed by atoms with Gasteiger partial charge in [0.15, 0.2) is 5.82 Å². The molecular formula is C32H33N9O4. The number of phenols is 1. The van der Waals surface area contributed by atoms with Gasteiger partial charge in [0.25, 0.3) is 0 Å². The average Bonchev–Trinajstić information content (AvgIpc) is 3.62. The number of nitrogens with zero attached hydrogens (tertiary/aromatic N) is 7. The first-order valence-electron chi connectivity index (χ1n) is 15.0. The summed E-state index contributed by atoms with van der Waals surface area (Å²) < 4.78 is 5.12. The minimum absolute atomic E-state index is 0.121. The molecule has 2 aromatic carbocycles. The van der Waals surface area contributed by atoms with Gasteiger partial charge in [-0.2, -0.15) is 5.10 Å². The fourth-order valence-electron chi connectivity index (χ4n) is 6.59. The number of nitrogens with one attached hydrogen (secondary N) is 1. The summed E-state index contributed by atoms with van der Waals surface area (Å²) in [6.07, 6.45) is 6.05. The van der Waals surface area contributed by atoms with Crippen LogP contribution in [0.5, 0.6) is 5.75 Å². The number of amides is 2. The molecule has 0 saturated carbocycles. The highest BCUT2D eigenvalue weighted by atomic mass is 16.3. The van der Waals surface area contributed by atoms with E-state index in [4.69, 9.17) is 5.73 Å². The van der Waals surface area contributed by atoms with Crippen molar-refractivity contribution in [3.05, 3.63) is 77.0 Å². The Hall–Kier alpha value is -5.30. The van der Waals surface area contributed by atoms with Gasteiger partial charge in [-0.1, -0.05) is 24.3 Å². The van der Waals surface area contributed by atoms with Gasteiger partial charge in [0.2, 0.25) is 11.8 Å². The Morgan fingerprint density at radius 3 is 2.58 bits per heavy atom. The number of phenolic OH excluding ortho intramolecular Hbond substituents is 1. The Kier molecular flexibility index (Phi) is 7.16. The summed E-state index contributed by atoms with van der Waals surface area (Å²) in [7, 11) is 1.73. The topological polar surface area (TPSA) is 166 Å². The van der Waals surface area contributed by atoms with E-state index in [0.717, 1.165) is 42.6 Å². The van der Waals surface area contributed by atoms with Crippen molar-refractivity contribution in [2.75, 3.05) is 18.8 Å². The Morgan fingerprint density at radius 1 is 1.00 bits per heavy atom. The smallest absolute Gasteiger partial charge is 0.329 e. The van der Waals surface area contributed by atoms with Crippen LogP contribution < -0.4 is 16.7 Å². The maximum atomic E-state index is 13.3. The van der Waals surface area contributed by atoms with Crippen LogP contribution in [0.25, 0.3) is 33.4 Å². The number of nitrogens with two attached hydrogens (primary N) is 1. The van der Waals surface area contributed by atoms with Crippen molar-refractivity contribution in [3.8, 4) is 28.1 Å². The number of aromatic nitrogens is 6. The van der Waals surface area contributed by atoms with Gasteiger partial charge >= 0.3 is 5.69 Å². The maximum absolute atomic E-state index is 13.3. The van der Waals surface area contributed by atoms with Crippen molar-refractivity contribution in [2.24, 2.45) is 7.05 Å². The van der Waals surface area contributed by atoms with Gasteiger partial charge in [-0.05, 0) is 49.1 Å². The summed E-state index contributed by atoms with van der Waals surface area (Å²) in [6.45, 7) is 2.35. The van der Waals surface area contributed by atoms with Crippen LogP contribution in [0.3, 0.4) is 0 Å². The third-order valence-corrected chi connectivity index (χ3v) is 8.95. The Labute approximate surface area is 257 Å². The highest BCUT2D eigenvalue weighted by Crippen LogP contribution is 2.33. The van der Waals surface area contributed by atoms with Crippen LogP contribution in [0.2, 0.25) is 0 Å². The zero-order valence-electron chi connectivity index (χ0n) is 24.8. The molecule has 5 heterocycles. The quantitative estimate of drug-likeness (QED) is 0.246. The SMILES string of the molecule is Cn1c(=O)n(C2CCC(=O)NC2=O)c2cccc(CN3CCC(n4cc(-c5cc(-c6ccccc6O)nnc5N)cn4)CC3)c21. The molecular weight excluding hydrogens is 574 g/mol. The van der Waals surface area contributed by atoms with E-state index >= 15 is 0 Å². The van der Waals surface area contributed by atoms with Crippen LogP contribution in [-0.2, 0) is 23.2 Å². The van der Waals surface area contributed by atoms with Crippen molar-refractivity contribution in [2.45, 2.75) is 44.3 Å². The van der Waals surface area contributed by atoms with Crippen LogP contribution in [0, 0.1) is 0 Å². The zero-order valence-corrected chi connectivity index (χ0v) is 24.8. The van der Waals surface area contributed by atoms with Crippen LogP contribution >= 0.6 is 0 Å². The van der Waals surface area contributed by atoms with Gasteiger partial charge < -0.3 is 10.8 Å². The average molecular weight is 608 g/mol. The number of piperidine rings is 2. The molecule has 1 atom stereocenters. The lowest BCUT2D eigenvalue weighted by Crippen LogP contribution is -2.44. The molecule has 0 radical (unpaired) electrons. The van der Waals surface area contributed by atoms with Gasteiger partial charge in [0.05, 0.1) is 29.0 Å². The molecule has 7 rings (SSSR count). The van der Waals surface area contributed by atoms with E-state index < -0.39 is 11.9 Å². The number of fused-ring (bicyclic) bond motifs is 1. The molecule has 13 nitrogen and oxygen atoms in total. The molecule has 2 aliphatic heterocycles.